The Morgan fingerprint density at radius 1 is 1.38 bits per heavy atom. The largest absolute Gasteiger partial charge is 0.416 e. The van der Waals surface area contributed by atoms with Crippen LogP contribution in [0.5, 0.6) is 0 Å². The Bertz CT molecular complexity index is 488. The molecule has 0 spiro atoms. The molecule has 2 N–H and O–H groups in total. The van der Waals surface area contributed by atoms with Crippen molar-refractivity contribution in [1.29, 1.82) is 0 Å². The van der Waals surface area contributed by atoms with Crippen LogP contribution >= 0.6 is 11.6 Å². The number of hydrogen-bond acceptors (Lipinski definition) is 2. The Labute approximate surface area is 128 Å². The van der Waals surface area contributed by atoms with Crippen molar-refractivity contribution in [3.8, 4) is 0 Å². The average molecular weight is 321 g/mol. The van der Waals surface area contributed by atoms with E-state index in [1.807, 2.05) is 6.92 Å². The first-order valence-electron chi connectivity index (χ1n) is 7.10. The van der Waals surface area contributed by atoms with Gasteiger partial charge in [-0.3, -0.25) is 4.90 Å². The molecule has 0 radical (unpaired) electrons. The second kappa shape index (κ2) is 6.55. The third kappa shape index (κ3) is 4.59. The van der Waals surface area contributed by atoms with Crippen molar-refractivity contribution in [2.24, 2.45) is 11.7 Å². The monoisotopic (exact) mass is 320 g/mol. The Balaban J connectivity index is 2.10. The Hall–Kier alpha value is -0.780. The van der Waals surface area contributed by atoms with Gasteiger partial charge in [0.1, 0.15) is 0 Å². The number of nitrogens with zero attached hydrogens (tertiary/aromatic N) is 1. The lowest BCUT2D eigenvalue weighted by atomic mass is 9.92. The summed E-state index contributed by atoms with van der Waals surface area (Å²) >= 11 is 5.81. The molecule has 0 aliphatic carbocycles. The maximum atomic E-state index is 12.8. The molecule has 2 nitrogen and oxygen atoms in total. The molecule has 1 heterocycles. The molecule has 118 valence electrons. The number of nitrogens with two attached hydrogens (primary N) is 1. The van der Waals surface area contributed by atoms with Gasteiger partial charge in [-0.05, 0) is 56.0 Å². The lowest BCUT2D eigenvalue weighted by molar-refractivity contribution is -0.137. The molecule has 0 aromatic heterocycles. The van der Waals surface area contributed by atoms with E-state index in [4.69, 9.17) is 17.3 Å². The van der Waals surface area contributed by atoms with Crippen LogP contribution < -0.4 is 5.73 Å². The van der Waals surface area contributed by atoms with E-state index in [2.05, 4.69) is 4.90 Å². The molecule has 2 unspecified atom stereocenters. The number of piperidine rings is 1. The van der Waals surface area contributed by atoms with Crippen LogP contribution in [0.1, 0.15) is 30.9 Å². The van der Waals surface area contributed by atoms with Crippen LogP contribution in [0.3, 0.4) is 0 Å². The number of benzene rings is 1. The van der Waals surface area contributed by atoms with Crippen molar-refractivity contribution in [3.05, 3.63) is 34.3 Å². The van der Waals surface area contributed by atoms with Crippen LogP contribution in [-0.4, -0.2) is 24.0 Å². The van der Waals surface area contributed by atoms with Gasteiger partial charge in [0.2, 0.25) is 0 Å². The number of alkyl halides is 3. The summed E-state index contributed by atoms with van der Waals surface area (Å²) in [6.07, 6.45) is -2.26. The second-order valence-electron chi connectivity index (χ2n) is 5.84. The lowest BCUT2D eigenvalue weighted by Crippen LogP contribution is -2.41. The van der Waals surface area contributed by atoms with Gasteiger partial charge in [-0.1, -0.05) is 11.6 Å². The van der Waals surface area contributed by atoms with Gasteiger partial charge in [0.25, 0.3) is 0 Å². The minimum Gasteiger partial charge on any atom is -0.328 e. The van der Waals surface area contributed by atoms with Crippen LogP contribution in [0.2, 0.25) is 5.02 Å². The van der Waals surface area contributed by atoms with Crippen LogP contribution in [0.25, 0.3) is 0 Å². The SMILES string of the molecule is CC(N)C1CCCN(Cc2cc(Cl)cc(C(F)(F)F)c2)C1. The number of hydrogen-bond donors (Lipinski definition) is 1. The summed E-state index contributed by atoms with van der Waals surface area (Å²) < 4.78 is 38.4. The van der Waals surface area contributed by atoms with E-state index in [0.29, 0.717) is 18.0 Å². The molecule has 2 rings (SSSR count). The van der Waals surface area contributed by atoms with E-state index < -0.39 is 11.7 Å². The molecule has 1 fully saturated rings. The van der Waals surface area contributed by atoms with Crippen molar-refractivity contribution in [2.75, 3.05) is 13.1 Å². The third-order valence-corrected chi connectivity index (χ3v) is 4.19. The Morgan fingerprint density at radius 3 is 2.71 bits per heavy atom. The fourth-order valence-electron chi connectivity index (χ4n) is 2.83. The van der Waals surface area contributed by atoms with E-state index in [0.717, 1.165) is 32.0 Å². The van der Waals surface area contributed by atoms with Crippen molar-refractivity contribution in [1.82, 2.24) is 4.90 Å². The van der Waals surface area contributed by atoms with Gasteiger partial charge in [-0.2, -0.15) is 13.2 Å². The summed E-state index contributed by atoms with van der Waals surface area (Å²) in [5.41, 5.74) is 5.84. The van der Waals surface area contributed by atoms with Crippen molar-refractivity contribution in [2.45, 2.75) is 38.5 Å². The van der Waals surface area contributed by atoms with Gasteiger partial charge in [0, 0.05) is 24.2 Å². The van der Waals surface area contributed by atoms with E-state index in [1.165, 1.54) is 6.07 Å². The fourth-order valence-corrected chi connectivity index (χ4v) is 3.09. The molecule has 1 aromatic rings. The molecule has 1 saturated heterocycles. The second-order valence-corrected chi connectivity index (χ2v) is 6.28. The minimum absolute atomic E-state index is 0.109. The molecule has 1 aliphatic rings. The number of halogens is 4. The number of rotatable bonds is 3. The summed E-state index contributed by atoms with van der Waals surface area (Å²) in [7, 11) is 0. The molecular weight excluding hydrogens is 301 g/mol. The van der Waals surface area contributed by atoms with Crippen LogP contribution in [0, 0.1) is 5.92 Å². The molecule has 6 heteroatoms. The standard InChI is InChI=1S/C15H20ClF3N2/c1-10(20)12-3-2-4-21(9-12)8-11-5-13(15(17,18)19)7-14(16)6-11/h5-7,10,12H,2-4,8-9,20H2,1H3. The summed E-state index contributed by atoms with van der Waals surface area (Å²) in [5, 5.41) is 0.126. The maximum Gasteiger partial charge on any atom is 0.416 e. The molecule has 1 aromatic carbocycles. The zero-order valence-electron chi connectivity index (χ0n) is 12.0. The highest BCUT2D eigenvalue weighted by Gasteiger charge is 2.31. The molecule has 1 aliphatic heterocycles. The van der Waals surface area contributed by atoms with E-state index >= 15 is 0 Å². The first kappa shape index (κ1) is 16.6. The van der Waals surface area contributed by atoms with Gasteiger partial charge >= 0.3 is 6.18 Å². The minimum atomic E-state index is -4.37. The van der Waals surface area contributed by atoms with E-state index in [1.54, 1.807) is 6.07 Å². The van der Waals surface area contributed by atoms with Crippen LogP contribution in [0.15, 0.2) is 18.2 Å². The molecular formula is C15H20ClF3N2. The van der Waals surface area contributed by atoms with Crippen LogP contribution in [-0.2, 0) is 12.7 Å². The Kier molecular flexibility index (Phi) is 5.17. The molecule has 0 saturated carbocycles. The topological polar surface area (TPSA) is 29.3 Å². The molecule has 0 bridgehead atoms. The van der Waals surface area contributed by atoms with Gasteiger partial charge in [-0.15, -0.1) is 0 Å². The highest BCUT2D eigenvalue weighted by molar-refractivity contribution is 6.30. The maximum absolute atomic E-state index is 12.8. The highest BCUT2D eigenvalue weighted by atomic mass is 35.5. The Morgan fingerprint density at radius 2 is 2.10 bits per heavy atom. The highest BCUT2D eigenvalue weighted by Crippen LogP contribution is 2.32. The molecule has 2 atom stereocenters. The predicted octanol–water partition coefficient (Wildman–Crippen LogP) is 3.92. The molecule has 21 heavy (non-hydrogen) atoms. The zero-order chi connectivity index (χ0) is 15.6. The normalized spacial score (nSPS) is 22.3. The summed E-state index contributed by atoms with van der Waals surface area (Å²) in [5.74, 6) is 0.403. The van der Waals surface area contributed by atoms with Gasteiger partial charge < -0.3 is 5.73 Å². The summed E-state index contributed by atoms with van der Waals surface area (Å²) in [4.78, 5) is 2.16. The smallest absolute Gasteiger partial charge is 0.328 e. The fraction of sp³-hybridized carbons (Fsp3) is 0.600. The van der Waals surface area contributed by atoms with Gasteiger partial charge in [0.05, 0.1) is 5.56 Å². The first-order valence-corrected chi connectivity index (χ1v) is 7.48. The predicted molar refractivity (Wildman–Crippen MR) is 78.1 cm³/mol. The quantitative estimate of drug-likeness (QED) is 0.914. The summed E-state index contributed by atoms with van der Waals surface area (Å²) in [6, 6.07) is 3.86. The summed E-state index contributed by atoms with van der Waals surface area (Å²) in [6.45, 7) is 4.17. The number of likely N-dealkylation sites (tertiary alicyclic amines) is 1. The van der Waals surface area contributed by atoms with E-state index in [9.17, 15) is 13.2 Å². The molecule has 0 amide bonds. The first-order chi connectivity index (χ1) is 9.75. The lowest BCUT2D eigenvalue weighted by Gasteiger charge is -2.34. The van der Waals surface area contributed by atoms with Crippen molar-refractivity contribution >= 4 is 11.6 Å². The van der Waals surface area contributed by atoms with Crippen LogP contribution in [0.4, 0.5) is 13.2 Å². The zero-order valence-corrected chi connectivity index (χ0v) is 12.7. The average Bonchev–Trinajstić information content (AvgIpc) is 2.37. The van der Waals surface area contributed by atoms with Crippen molar-refractivity contribution in [3.63, 3.8) is 0 Å². The van der Waals surface area contributed by atoms with Gasteiger partial charge in [0.15, 0.2) is 0 Å². The van der Waals surface area contributed by atoms with Crippen molar-refractivity contribution < 1.29 is 13.2 Å². The van der Waals surface area contributed by atoms with E-state index in [-0.39, 0.29) is 11.1 Å². The van der Waals surface area contributed by atoms with Gasteiger partial charge in [-0.25, -0.2) is 0 Å². The third-order valence-electron chi connectivity index (χ3n) is 3.98.